The standard InChI is InChI=1S/C14H12BrClN2O/c1-18(9-10-3-2-4-11(15)7-10)14(19)12-8-17-6-5-13(12)16/h2-8H,9H2,1H3. The van der Waals surface area contributed by atoms with Gasteiger partial charge in [0.15, 0.2) is 0 Å². The molecule has 19 heavy (non-hydrogen) atoms. The molecule has 1 heterocycles. The van der Waals surface area contributed by atoms with Crippen molar-refractivity contribution in [2.75, 3.05) is 7.05 Å². The first-order valence-corrected chi connectivity index (χ1v) is 6.84. The molecule has 1 aromatic carbocycles. The van der Waals surface area contributed by atoms with E-state index in [1.807, 2.05) is 24.3 Å². The number of rotatable bonds is 3. The largest absolute Gasteiger partial charge is 0.337 e. The van der Waals surface area contributed by atoms with Gasteiger partial charge in [0.1, 0.15) is 0 Å². The van der Waals surface area contributed by atoms with Crippen LogP contribution in [0, 0.1) is 0 Å². The summed E-state index contributed by atoms with van der Waals surface area (Å²) in [4.78, 5) is 17.8. The van der Waals surface area contributed by atoms with Crippen LogP contribution in [0.3, 0.4) is 0 Å². The molecule has 2 aromatic rings. The van der Waals surface area contributed by atoms with Crippen molar-refractivity contribution in [2.45, 2.75) is 6.54 Å². The number of aromatic nitrogens is 1. The van der Waals surface area contributed by atoms with Gasteiger partial charge in [-0.1, -0.05) is 39.7 Å². The highest BCUT2D eigenvalue weighted by molar-refractivity contribution is 9.10. The van der Waals surface area contributed by atoms with Gasteiger partial charge in [0.2, 0.25) is 0 Å². The van der Waals surface area contributed by atoms with Gasteiger partial charge in [-0.15, -0.1) is 0 Å². The molecule has 0 bridgehead atoms. The van der Waals surface area contributed by atoms with E-state index < -0.39 is 0 Å². The summed E-state index contributed by atoms with van der Waals surface area (Å²) < 4.78 is 0.991. The second kappa shape index (κ2) is 6.17. The van der Waals surface area contributed by atoms with Crippen molar-refractivity contribution >= 4 is 33.4 Å². The number of pyridine rings is 1. The van der Waals surface area contributed by atoms with Crippen LogP contribution < -0.4 is 0 Å². The fraction of sp³-hybridized carbons (Fsp3) is 0.143. The Morgan fingerprint density at radius 1 is 1.42 bits per heavy atom. The highest BCUT2D eigenvalue weighted by Gasteiger charge is 2.15. The zero-order valence-electron chi connectivity index (χ0n) is 10.3. The molecule has 0 aliphatic rings. The van der Waals surface area contributed by atoms with Crippen molar-refractivity contribution in [3.8, 4) is 0 Å². The van der Waals surface area contributed by atoms with Crippen LogP contribution in [0.25, 0.3) is 0 Å². The number of hydrogen-bond acceptors (Lipinski definition) is 2. The Morgan fingerprint density at radius 3 is 2.89 bits per heavy atom. The molecule has 5 heteroatoms. The number of hydrogen-bond donors (Lipinski definition) is 0. The highest BCUT2D eigenvalue weighted by Crippen LogP contribution is 2.17. The number of halogens is 2. The Morgan fingerprint density at radius 2 is 2.21 bits per heavy atom. The van der Waals surface area contributed by atoms with E-state index in [0.717, 1.165) is 10.0 Å². The third-order valence-electron chi connectivity index (χ3n) is 2.65. The molecule has 0 atom stereocenters. The van der Waals surface area contributed by atoms with Gasteiger partial charge in [0, 0.05) is 30.5 Å². The van der Waals surface area contributed by atoms with Crippen LogP contribution in [0.15, 0.2) is 47.2 Å². The van der Waals surface area contributed by atoms with Gasteiger partial charge in [-0.25, -0.2) is 0 Å². The molecule has 0 radical (unpaired) electrons. The SMILES string of the molecule is CN(Cc1cccc(Br)c1)C(=O)c1cnccc1Cl. The van der Waals surface area contributed by atoms with E-state index in [2.05, 4.69) is 20.9 Å². The fourth-order valence-electron chi connectivity index (χ4n) is 1.72. The summed E-state index contributed by atoms with van der Waals surface area (Å²) in [6.45, 7) is 0.517. The number of carbonyl (C=O) groups is 1. The molecule has 2 rings (SSSR count). The molecule has 98 valence electrons. The molecule has 0 aliphatic carbocycles. The zero-order chi connectivity index (χ0) is 13.8. The zero-order valence-corrected chi connectivity index (χ0v) is 12.6. The molecular weight excluding hydrogens is 328 g/mol. The molecule has 0 fully saturated rings. The van der Waals surface area contributed by atoms with Gasteiger partial charge in [0.25, 0.3) is 5.91 Å². The predicted octanol–water partition coefficient (Wildman–Crippen LogP) is 3.77. The molecule has 1 aromatic heterocycles. The number of amides is 1. The maximum atomic E-state index is 12.2. The maximum Gasteiger partial charge on any atom is 0.256 e. The lowest BCUT2D eigenvalue weighted by Gasteiger charge is -2.17. The average Bonchev–Trinajstić information content (AvgIpc) is 2.38. The minimum atomic E-state index is -0.141. The van der Waals surface area contributed by atoms with Gasteiger partial charge in [0.05, 0.1) is 10.6 Å². The van der Waals surface area contributed by atoms with Crippen molar-refractivity contribution < 1.29 is 4.79 Å². The van der Waals surface area contributed by atoms with E-state index in [4.69, 9.17) is 11.6 Å². The Labute approximate surface area is 125 Å². The summed E-state index contributed by atoms with van der Waals surface area (Å²) in [5.74, 6) is -0.141. The Balaban J connectivity index is 2.14. The lowest BCUT2D eigenvalue weighted by molar-refractivity contribution is 0.0785. The molecule has 0 saturated heterocycles. The summed E-state index contributed by atoms with van der Waals surface area (Å²) >= 11 is 9.41. The number of nitrogens with zero attached hydrogens (tertiary/aromatic N) is 2. The van der Waals surface area contributed by atoms with E-state index in [1.165, 1.54) is 6.20 Å². The second-order valence-corrected chi connectivity index (χ2v) is 5.47. The van der Waals surface area contributed by atoms with Crippen molar-refractivity contribution in [1.29, 1.82) is 0 Å². The van der Waals surface area contributed by atoms with E-state index in [9.17, 15) is 4.79 Å². The van der Waals surface area contributed by atoms with Crippen LogP contribution in [0.1, 0.15) is 15.9 Å². The molecule has 0 saturated carbocycles. The lowest BCUT2D eigenvalue weighted by Crippen LogP contribution is -2.26. The Hall–Kier alpha value is -1.39. The Kier molecular flexibility index (Phi) is 4.56. The van der Waals surface area contributed by atoms with Crippen LogP contribution >= 0.6 is 27.5 Å². The third-order valence-corrected chi connectivity index (χ3v) is 3.48. The first-order valence-electron chi connectivity index (χ1n) is 5.67. The van der Waals surface area contributed by atoms with Crippen LogP contribution in [-0.4, -0.2) is 22.8 Å². The van der Waals surface area contributed by atoms with Gasteiger partial charge >= 0.3 is 0 Å². The smallest absolute Gasteiger partial charge is 0.256 e. The predicted molar refractivity (Wildman–Crippen MR) is 79.2 cm³/mol. The van der Waals surface area contributed by atoms with Gasteiger partial charge < -0.3 is 4.90 Å². The normalized spacial score (nSPS) is 10.3. The van der Waals surface area contributed by atoms with Crippen molar-refractivity contribution in [1.82, 2.24) is 9.88 Å². The van der Waals surface area contributed by atoms with E-state index in [0.29, 0.717) is 17.1 Å². The van der Waals surface area contributed by atoms with Crippen LogP contribution in [0.5, 0.6) is 0 Å². The van der Waals surface area contributed by atoms with Crippen molar-refractivity contribution in [3.63, 3.8) is 0 Å². The second-order valence-electron chi connectivity index (χ2n) is 4.15. The van der Waals surface area contributed by atoms with Gasteiger partial charge in [-0.05, 0) is 23.8 Å². The minimum absolute atomic E-state index is 0.141. The molecule has 0 unspecified atom stereocenters. The monoisotopic (exact) mass is 338 g/mol. The topological polar surface area (TPSA) is 33.2 Å². The summed E-state index contributed by atoms with van der Waals surface area (Å²) in [7, 11) is 1.74. The number of carbonyl (C=O) groups excluding carboxylic acids is 1. The highest BCUT2D eigenvalue weighted by atomic mass is 79.9. The third kappa shape index (κ3) is 3.55. The maximum absolute atomic E-state index is 12.2. The fourth-order valence-corrected chi connectivity index (χ4v) is 2.35. The summed E-state index contributed by atoms with van der Waals surface area (Å²) in [6, 6.07) is 9.45. The summed E-state index contributed by atoms with van der Waals surface area (Å²) in [6.07, 6.45) is 3.05. The molecule has 0 spiro atoms. The lowest BCUT2D eigenvalue weighted by atomic mass is 10.2. The van der Waals surface area contributed by atoms with E-state index in [1.54, 1.807) is 24.2 Å². The first kappa shape index (κ1) is 14.0. The summed E-state index contributed by atoms with van der Waals surface area (Å²) in [5, 5.41) is 0.418. The van der Waals surface area contributed by atoms with E-state index >= 15 is 0 Å². The first-order chi connectivity index (χ1) is 9.08. The van der Waals surface area contributed by atoms with Crippen LogP contribution in [0.4, 0.5) is 0 Å². The molecule has 3 nitrogen and oxygen atoms in total. The van der Waals surface area contributed by atoms with Gasteiger partial charge in [-0.3, -0.25) is 9.78 Å². The van der Waals surface area contributed by atoms with Gasteiger partial charge in [-0.2, -0.15) is 0 Å². The van der Waals surface area contributed by atoms with E-state index in [-0.39, 0.29) is 5.91 Å². The summed E-state index contributed by atoms with van der Waals surface area (Å²) in [5.41, 5.74) is 1.46. The van der Waals surface area contributed by atoms with Crippen LogP contribution in [-0.2, 0) is 6.54 Å². The minimum Gasteiger partial charge on any atom is -0.337 e. The van der Waals surface area contributed by atoms with Crippen molar-refractivity contribution in [2.24, 2.45) is 0 Å². The molecule has 0 N–H and O–H groups in total. The molecule has 1 amide bonds. The van der Waals surface area contributed by atoms with Crippen molar-refractivity contribution in [3.05, 3.63) is 63.3 Å². The quantitative estimate of drug-likeness (QED) is 0.853. The number of benzene rings is 1. The average molecular weight is 340 g/mol. The van der Waals surface area contributed by atoms with Crippen LogP contribution in [0.2, 0.25) is 5.02 Å². The Bertz CT molecular complexity index is 604. The molecule has 0 aliphatic heterocycles. The molecular formula is C14H12BrClN2O.